The standard InChI is InChI=1S/C35H26NO2P/c36-35(38)30-24-20-28(21-25-30)17-16-27-18-22-29(23-19-27)34(37)26-39(31-10-4-1-5-11-31,32-12-6-2-7-13-32)33-14-8-3-9-15-33/h1-15,18-26H,(H2,36,38). The maximum atomic E-state index is 13.9. The summed E-state index contributed by atoms with van der Waals surface area (Å²) >= 11 is 0. The Bertz CT molecular complexity index is 1610. The maximum Gasteiger partial charge on any atom is 0.248 e. The van der Waals surface area contributed by atoms with Crippen molar-refractivity contribution in [3.8, 4) is 11.8 Å². The van der Waals surface area contributed by atoms with Gasteiger partial charge in [0.15, 0.2) is 5.78 Å². The Balaban J connectivity index is 1.55. The predicted octanol–water partition coefficient (Wildman–Crippen LogP) is 5.16. The minimum Gasteiger partial charge on any atom is -0.366 e. The molecule has 188 valence electrons. The molecule has 2 N–H and O–H groups in total. The average Bonchev–Trinajstić information content (AvgIpc) is 3.00. The molecule has 5 aromatic rings. The lowest BCUT2D eigenvalue weighted by Crippen LogP contribution is -2.28. The molecule has 4 heteroatoms. The van der Waals surface area contributed by atoms with Crippen molar-refractivity contribution in [3.63, 3.8) is 0 Å². The first kappa shape index (κ1) is 25.7. The van der Waals surface area contributed by atoms with Gasteiger partial charge in [-0.05, 0) is 77.1 Å². The largest absolute Gasteiger partial charge is 0.366 e. The van der Waals surface area contributed by atoms with Crippen molar-refractivity contribution in [3.05, 3.63) is 162 Å². The smallest absolute Gasteiger partial charge is 0.248 e. The van der Waals surface area contributed by atoms with E-state index in [1.54, 1.807) is 24.3 Å². The van der Waals surface area contributed by atoms with Crippen LogP contribution in [0.3, 0.4) is 0 Å². The van der Waals surface area contributed by atoms with Gasteiger partial charge in [-0.25, -0.2) is 0 Å². The zero-order chi connectivity index (χ0) is 27.1. The third-order valence-electron chi connectivity index (χ3n) is 6.49. The van der Waals surface area contributed by atoms with Gasteiger partial charge in [-0.3, -0.25) is 9.59 Å². The third kappa shape index (κ3) is 5.68. The molecule has 0 aliphatic carbocycles. The summed E-state index contributed by atoms with van der Waals surface area (Å²) in [4.78, 5) is 25.1. The SMILES string of the molecule is NC(=O)c1ccc(C#Cc2ccc(C(=O)C=P(c3ccccc3)(c3ccccc3)c3ccccc3)cc2)cc1. The van der Waals surface area contributed by atoms with Crippen molar-refractivity contribution in [2.24, 2.45) is 5.73 Å². The fourth-order valence-corrected chi connectivity index (χ4v) is 8.26. The van der Waals surface area contributed by atoms with E-state index in [0.29, 0.717) is 11.1 Å². The van der Waals surface area contributed by atoms with E-state index in [1.807, 2.05) is 84.7 Å². The monoisotopic (exact) mass is 523 g/mol. The number of rotatable bonds is 6. The first-order valence-electron chi connectivity index (χ1n) is 12.5. The van der Waals surface area contributed by atoms with Crippen LogP contribution in [0.2, 0.25) is 0 Å². The molecule has 0 aromatic heterocycles. The van der Waals surface area contributed by atoms with E-state index in [-0.39, 0.29) is 5.78 Å². The summed E-state index contributed by atoms with van der Waals surface area (Å²) in [6, 6.07) is 45.1. The highest BCUT2D eigenvalue weighted by molar-refractivity contribution is 7.95. The van der Waals surface area contributed by atoms with Crippen LogP contribution >= 0.6 is 6.89 Å². The van der Waals surface area contributed by atoms with Gasteiger partial charge < -0.3 is 5.73 Å². The van der Waals surface area contributed by atoms with Crippen molar-refractivity contribution >= 4 is 40.3 Å². The molecule has 0 radical (unpaired) electrons. The third-order valence-corrected chi connectivity index (χ3v) is 10.5. The number of amides is 1. The van der Waals surface area contributed by atoms with E-state index < -0.39 is 12.8 Å². The van der Waals surface area contributed by atoms with Gasteiger partial charge in [0, 0.05) is 22.3 Å². The minimum absolute atomic E-state index is 0.0264. The van der Waals surface area contributed by atoms with Crippen molar-refractivity contribution in [1.29, 1.82) is 0 Å². The summed E-state index contributed by atoms with van der Waals surface area (Å²) in [5.41, 5.74) is 7.92. The Morgan fingerprint density at radius 1 is 0.513 bits per heavy atom. The Labute approximate surface area is 228 Å². The second-order valence-electron chi connectivity index (χ2n) is 8.99. The molecule has 0 spiro atoms. The van der Waals surface area contributed by atoms with Crippen LogP contribution in [0.4, 0.5) is 0 Å². The summed E-state index contributed by atoms with van der Waals surface area (Å²) in [5, 5.41) is 3.38. The van der Waals surface area contributed by atoms with Crippen molar-refractivity contribution in [2.45, 2.75) is 0 Å². The minimum atomic E-state index is -2.39. The molecule has 0 heterocycles. The molecule has 0 aliphatic heterocycles. The van der Waals surface area contributed by atoms with E-state index in [9.17, 15) is 9.59 Å². The van der Waals surface area contributed by atoms with Crippen LogP contribution in [0.25, 0.3) is 0 Å². The number of benzene rings is 5. The van der Waals surface area contributed by atoms with Gasteiger partial charge in [0.25, 0.3) is 0 Å². The van der Waals surface area contributed by atoms with Crippen LogP contribution in [0, 0.1) is 11.8 Å². The lowest BCUT2D eigenvalue weighted by atomic mass is 10.1. The zero-order valence-corrected chi connectivity index (χ0v) is 22.1. The van der Waals surface area contributed by atoms with Crippen LogP contribution in [-0.2, 0) is 0 Å². The average molecular weight is 524 g/mol. The van der Waals surface area contributed by atoms with Gasteiger partial charge in [-0.1, -0.05) is 103 Å². The summed E-state index contributed by atoms with van der Waals surface area (Å²) < 4.78 is 0. The second-order valence-corrected chi connectivity index (χ2v) is 12.2. The molecule has 0 unspecified atom stereocenters. The number of hydrogen-bond acceptors (Lipinski definition) is 2. The van der Waals surface area contributed by atoms with Crippen LogP contribution in [0.1, 0.15) is 31.8 Å². The Morgan fingerprint density at radius 3 is 1.23 bits per heavy atom. The van der Waals surface area contributed by atoms with Gasteiger partial charge in [-0.2, -0.15) is 0 Å². The molecule has 3 nitrogen and oxygen atoms in total. The quantitative estimate of drug-likeness (QED) is 0.190. The maximum absolute atomic E-state index is 13.9. The summed E-state index contributed by atoms with van der Waals surface area (Å²) in [6.45, 7) is -2.39. The highest BCUT2D eigenvalue weighted by atomic mass is 31.2. The fourth-order valence-electron chi connectivity index (χ4n) is 4.49. The molecule has 0 aliphatic rings. The Kier molecular flexibility index (Phi) is 7.69. The number of Topliss-reactive ketones (excluding diaryl/α,β-unsaturated/α-hetero) is 1. The first-order valence-corrected chi connectivity index (χ1v) is 14.4. The van der Waals surface area contributed by atoms with Gasteiger partial charge in [0.1, 0.15) is 0 Å². The Hall–Kier alpha value is -4.90. The van der Waals surface area contributed by atoms with Crippen LogP contribution in [-0.4, -0.2) is 17.5 Å². The van der Waals surface area contributed by atoms with Crippen molar-refractivity contribution in [1.82, 2.24) is 0 Å². The zero-order valence-electron chi connectivity index (χ0n) is 21.2. The van der Waals surface area contributed by atoms with Crippen LogP contribution in [0.15, 0.2) is 140 Å². The molecule has 0 fully saturated rings. The second kappa shape index (κ2) is 11.7. The highest BCUT2D eigenvalue weighted by Gasteiger charge is 2.26. The summed E-state index contributed by atoms with van der Waals surface area (Å²) in [7, 11) is 0. The lowest BCUT2D eigenvalue weighted by molar-refractivity contribution is 0.0999. The molecule has 0 atom stereocenters. The molecule has 0 saturated carbocycles. The fraction of sp³-hybridized carbons (Fsp3) is 0. The number of carbonyl (C=O) groups excluding carboxylic acids is 2. The molecule has 0 saturated heterocycles. The highest BCUT2D eigenvalue weighted by Crippen LogP contribution is 2.43. The van der Waals surface area contributed by atoms with Crippen LogP contribution in [0.5, 0.6) is 0 Å². The number of primary amides is 1. The number of carbonyl (C=O) groups is 2. The van der Waals surface area contributed by atoms with E-state index in [4.69, 9.17) is 5.73 Å². The van der Waals surface area contributed by atoms with E-state index >= 15 is 0 Å². The van der Waals surface area contributed by atoms with E-state index in [0.717, 1.165) is 27.0 Å². The molecule has 1 amide bonds. The molecule has 5 aromatic carbocycles. The first-order chi connectivity index (χ1) is 19.1. The predicted molar refractivity (Wildman–Crippen MR) is 163 cm³/mol. The van der Waals surface area contributed by atoms with E-state index in [1.165, 1.54) is 0 Å². The molecule has 5 rings (SSSR count). The molecular weight excluding hydrogens is 497 g/mol. The van der Waals surface area contributed by atoms with Crippen molar-refractivity contribution in [2.75, 3.05) is 0 Å². The summed E-state index contributed by atoms with van der Waals surface area (Å²) in [6.07, 6.45) is 0. The van der Waals surface area contributed by atoms with Gasteiger partial charge >= 0.3 is 0 Å². The van der Waals surface area contributed by atoms with Gasteiger partial charge in [0.2, 0.25) is 5.91 Å². The van der Waals surface area contributed by atoms with Gasteiger partial charge in [0.05, 0.1) is 0 Å². The number of ketones is 1. The molecule has 0 bridgehead atoms. The number of nitrogens with two attached hydrogens (primary N) is 1. The molecule has 39 heavy (non-hydrogen) atoms. The number of hydrogen-bond donors (Lipinski definition) is 1. The van der Waals surface area contributed by atoms with Crippen LogP contribution < -0.4 is 21.6 Å². The van der Waals surface area contributed by atoms with Crippen molar-refractivity contribution < 1.29 is 9.59 Å². The van der Waals surface area contributed by atoms with Gasteiger partial charge in [-0.15, -0.1) is 0 Å². The normalized spacial score (nSPS) is 10.7. The Morgan fingerprint density at radius 2 is 0.872 bits per heavy atom. The topological polar surface area (TPSA) is 60.2 Å². The van der Waals surface area contributed by atoms with E-state index in [2.05, 4.69) is 48.2 Å². The molecular formula is C35H26NO2P. The lowest BCUT2D eigenvalue weighted by Gasteiger charge is -2.28. The summed E-state index contributed by atoms with van der Waals surface area (Å²) in [5.74, 6) is 7.65.